The van der Waals surface area contributed by atoms with E-state index in [0.29, 0.717) is 17.6 Å². The molecule has 0 aromatic heterocycles. The number of amides is 1. The van der Waals surface area contributed by atoms with Crippen LogP contribution in [-0.4, -0.2) is 18.8 Å². The molecule has 1 amide bonds. The minimum absolute atomic E-state index is 0.104. The summed E-state index contributed by atoms with van der Waals surface area (Å²) in [7, 11) is 0. The summed E-state index contributed by atoms with van der Waals surface area (Å²) in [6.07, 6.45) is 0.699. The van der Waals surface area contributed by atoms with Gasteiger partial charge in [0.1, 0.15) is 5.75 Å². The van der Waals surface area contributed by atoms with E-state index in [1.807, 2.05) is 37.3 Å². The SMILES string of the molecule is C[C@H](NC(=O)COc1ccc(Br)cc1C=O)c1ccccc1. The van der Waals surface area contributed by atoms with Gasteiger partial charge < -0.3 is 10.1 Å². The van der Waals surface area contributed by atoms with Gasteiger partial charge in [-0.1, -0.05) is 46.3 Å². The van der Waals surface area contributed by atoms with Gasteiger partial charge in [-0.05, 0) is 30.7 Å². The number of halogens is 1. The molecule has 0 aliphatic rings. The van der Waals surface area contributed by atoms with Crippen LogP contribution < -0.4 is 10.1 Å². The number of ether oxygens (including phenoxy) is 1. The van der Waals surface area contributed by atoms with E-state index in [2.05, 4.69) is 21.2 Å². The Morgan fingerprint density at radius 1 is 1.27 bits per heavy atom. The third kappa shape index (κ3) is 4.43. The first-order chi connectivity index (χ1) is 10.6. The lowest BCUT2D eigenvalue weighted by atomic mass is 10.1. The van der Waals surface area contributed by atoms with Gasteiger partial charge >= 0.3 is 0 Å². The normalized spacial score (nSPS) is 11.5. The number of carbonyl (C=O) groups is 2. The summed E-state index contributed by atoms with van der Waals surface area (Å²) in [4.78, 5) is 22.9. The summed E-state index contributed by atoms with van der Waals surface area (Å²) in [6, 6.07) is 14.6. The number of carbonyl (C=O) groups excluding carboxylic acids is 2. The first-order valence-corrected chi connectivity index (χ1v) is 7.61. The van der Waals surface area contributed by atoms with Crippen LogP contribution >= 0.6 is 15.9 Å². The standard InChI is InChI=1S/C17H16BrNO3/c1-12(13-5-3-2-4-6-13)19-17(21)11-22-16-8-7-15(18)9-14(16)10-20/h2-10,12H,11H2,1H3,(H,19,21)/t12-/m0/s1. The maximum Gasteiger partial charge on any atom is 0.258 e. The largest absolute Gasteiger partial charge is 0.483 e. The number of hydrogen-bond donors (Lipinski definition) is 1. The van der Waals surface area contributed by atoms with Gasteiger partial charge in [0, 0.05) is 4.47 Å². The fourth-order valence-corrected chi connectivity index (χ4v) is 2.37. The molecule has 2 aromatic carbocycles. The van der Waals surface area contributed by atoms with Crippen LogP contribution in [0.3, 0.4) is 0 Å². The van der Waals surface area contributed by atoms with Gasteiger partial charge in [-0.2, -0.15) is 0 Å². The van der Waals surface area contributed by atoms with E-state index < -0.39 is 0 Å². The van der Waals surface area contributed by atoms with E-state index in [1.54, 1.807) is 18.2 Å². The van der Waals surface area contributed by atoms with Crippen molar-refractivity contribution in [1.29, 1.82) is 0 Å². The molecule has 0 radical (unpaired) electrons. The average Bonchev–Trinajstić information content (AvgIpc) is 2.54. The van der Waals surface area contributed by atoms with Gasteiger partial charge in [-0.25, -0.2) is 0 Å². The number of aldehydes is 1. The fraction of sp³-hybridized carbons (Fsp3) is 0.176. The lowest BCUT2D eigenvalue weighted by Crippen LogP contribution is -2.31. The van der Waals surface area contributed by atoms with Crippen molar-refractivity contribution in [3.8, 4) is 5.75 Å². The van der Waals surface area contributed by atoms with E-state index in [9.17, 15) is 9.59 Å². The third-order valence-corrected chi connectivity index (χ3v) is 3.63. The Labute approximate surface area is 137 Å². The Kier molecular flexibility index (Phi) is 5.72. The van der Waals surface area contributed by atoms with Gasteiger partial charge in [0.25, 0.3) is 5.91 Å². The molecule has 0 aliphatic heterocycles. The fourth-order valence-electron chi connectivity index (χ4n) is 1.99. The van der Waals surface area contributed by atoms with Crippen LogP contribution in [0.25, 0.3) is 0 Å². The molecular weight excluding hydrogens is 346 g/mol. The third-order valence-electron chi connectivity index (χ3n) is 3.13. The van der Waals surface area contributed by atoms with Crippen molar-refractivity contribution in [3.05, 3.63) is 64.1 Å². The maximum atomic E-state index is 11.9. The van der Waals surface area contributed by atoms with Crippen molar-refractivity contribution >= 4 is 28.1 Å². The van der Waals surface area contributed by atoms with E-state index in [-0.39, 0.29) is 18.6 Å². The first kappa shape index (κ1) is 16.2. The highest BCUT2D eigenvalue weighted by Gasteiger charge is 2.11. The van der Waals surface area contributed by atoms with Crippen LogP contribution in [0.15, 0.2) is 53.0 Å². The number of nitrogens with one attached hydrogen (secondary N) is 1. The summed E-state index contributed by atoms with van der Waals surface area (Å²) in [5.41, 5.74) is 1.42. The summed E-state index contributed by atoms with van der Waals surface area (Å²) in [5.74, 6) is 0.150. The van der Waals surface area contributed by atoms with Gasteiger partial charge in [-0.3, -0.25) is 9.59 Å². The van der Waals surface area contributed by atoms with Gasteiger partial charge in [0.2, 0.25) is 0 Å². The van der Waals surface area contributed by atoms with Gasteiger partial charge in [-0.15, -0.1) is 0 Å². The summed E-state index contributed by atoms with van der Waals surface area (Å²) in [5, 5.41) is 2.85. The highest BCUT2D eigenvalue weighted by Crippen LogP contribution is 2.21. The Morgan fingerprint density at radius 3 is 2.68 bits per heavy atom. The van der Waals surface area contributed by atoms with Crippen molar-refractivity contribution in [3.63, 3.8) is 0 Å². The predicted octanol–water partition coefficient (Wildman–Crippen LogP) is 3.52. The molecule has 0 unspecified atom stereocenters. The van der Waals surface area contributed by atoms with Crippen molar-refractivity contribution in [2.75, 3.05) is 6.61 Å². The summed E-state index contributed by atoms with van der Waals surface area (Å²) < 4.78 is 6.20. The highest BCUT2D eigenvalue weighted by molar-refractivity contribution is 9.10. The Hall–Kier alpha value is -2.14. The monoisotopic (exact) mass is 361 g/mol. The van der Waals surface area contributed by atoms with E-state index in [1.165, 1.54) is 0 Å². The predicted molar refractivity (Wildman–Crippen MR) is 88.0 cm³/mol. The molecule has 22 heavy (non-hydrogen) atoms. The second kappa shape index (κ2) is 7.75. The van der Waals surface area contributed by atoms with Crippen LogP contribution in [0.5, 0.6) is 5.75 Å². The lowest BCUT2D eigenvalue weighted by molar-refractivity contribution is -0.123. The Balaban J connectivity index is 1.92. The molecule has 4 nitrogen and oxygen atoms in total. The van der Waals surface area contributed by atoms with Crippen molar-refractivity contribution in [1.82, 2.24) is 5.32 Å². The van der Waals surface area contributed by atoms with Crippen LogP contribution in [0.4, 0.5) is 0 Å². The zero-order valence-corrected chi connectivity index (χ0v) is 13.7. The van der Waals surface area contributed by atoms with Crippen molar-refractivity contribution in [2.45, 2.75) is 13.0 Å². The minimum Gasteiger partial charge on any atom is -0.483 e. The van der Waals surface area contributed by atoms with Crippen LogP contribution in [0, 0.1) is 0 Å². The second-order valence-corrected chi connectivity index (χ2v) is 5.70. The maximum absolute atomic E-state index is 11.9. The number of benzene rings is 2. The van der Waals surface area contributed by atoms with E-state index in [4.69, 9.17) is 4.74 Å². The van der Waals surface area contributed by atoms with Crippen molar-refractivity contribution in [2.24, 2.45) is 0 Å². The summed E-state index contributed by atoms with van der Waals surface area (Å²) >= 11 is 3.28. The van der Waals surface area contributed by atoms with E-state index >= 15 is 0 Å². The number of rotatable bonds is 6. The molecular formula is C17H16BrNO3. The van der Waals surface area contributed by atoms with Crippen LogP contribution in [-0.2, 0) is 4.79 Å². The van der Waals surface area contributed by atoms with Crippen LogP contribution in [0.2, 0.25) is 0 Å². The molecule has 5 heteroatoms. The molecule has 0 bridgehead atoms. The molecule has 1 N–H and O–H groups in total. The van der Waals surface area contributed by atoms with Crippen LogP contribution in [0.1, 0.15) is 28.9 Å². The highest BCUT2D eigenvalue weighted by atomic mass is 79.9. The molecule has 0 spiro atoms. The minimum atomic E-state index is -0.240. The molecule has 2 rings (SSSR count). The molecule has 114 valence electrons. The van der Waals surface area contributed by atoms with E-state index in [0.717, 1.165) is 10.0 Å². The Bertz CT molecular complexity index is 658. The molecule has 0 fully saturated rings. The van der Waals surface area contributed by atoms with Gasteiger partial charge in [0.05, 0.1) is 11.6 Å². The lowest BCUT2D eigenvalue weighted by Gasteiger charge is -2.15. The van der Waals surface area contributed by atoms with Crippen molar-refractivity contribution < 1.29 is 14.3 Å². The second-order valence-electron chi connectivity index (χ2n) is 4.79. The number of hydrogen-bond acceptors (Lipinski definition) is 3. The molecule has 0 aliphatic carbocycles. The molecule has 0 saturated heterocycles. The topological polar surface area (TPSA) is 55.4 Å². The van der Waals surface area contributed by atoms with Gasteiger partial charge in [0.15, 0.2) is 12.9 Å². The molecule has 0 heterocycles. The zero-order valence-electron chi connectivity index (χ0n) is 12.1. The quantitative estimate of drug-likeness (QED) is 0.800. The first-order valence-electron chi connectivity index (χ1n) is 6.82. The Morgan fingerprint density at radius 2 is 2.00 bits per heavy atom. The molecule has 0 saturated carbocycles. The smallest absolute Gasteiger partial charge is 0.258 e. The average molecular weight is 362 g/mol. The zero-order chi connectivity index (χ0) is 15.9. The summed E-state index contributed by atoms with van der Waals surface area (Å²) in [6.45, 7) is 1.77. The molecule has 2 aromatic rings. The molecule has 1 atom stereocenters.